The first-order chi connectivity index (χ1) is 14.7. The number of aliphatic hydroxyl groups excluding tert-OH is 3. The minimum absolute atomic E-state index is 0.114. The molecule has 0 spiro atoms. The van der Waals surface area contributed by atoms with Gasteiger partial charge in [0.25, 0.3) is 0 Å². The third-order valence-corrected chi connectivity index (χ3v) is 6.16. The van der Waals surface area contributed by atoms with E-state index in [9.17, 15) is 15.3 Å². The summed E-state index contributed by atoms with van der Waals surface area (Å²) in [6, 6.07) is 0.266. The van der Waals surface area contributed by atoms with Gasteiger partial charge in [0.1, 0.15) is 0 Å². The van der Waals surface area contributed by atoms with Crippen LogP contribution in [0.2, 0.25) is 0 Å². The topological polar surface area (TPSA) is 67.2 Å². The fourth-order valence-electron chi connectivity index (χ4n) is 4.26. The molecule has 0 aromatic rings. The minimum atomic E-state index is 0.114. The van der Waals surface area contributed by atoms with Gasteiger partial charge in [0, 0.05) is 32.2 Å². The van der Waals surface area contributed by atoms with Gasteiger partial charge in [0.15, 0.2) is 0 Å². The minimum Gasteiger partial charge on any atom is -0.395 e. The maximum absolute atomic E-state index is 9.37. The van der Waals surface area contributed by atoms with Gasteiger partial charge in [-0.1, -0.05) is 90.4 Å². The third kappa shape index (κ3) is 18.6. The van der Waals surface area contributed by atoms with Crippen LogP contribution in [0.25, 0.3) is 0 Å². The van der Waals surface area contributed by atoms with Crippen LogP contribution in [0.4, 0.5) is 0 Å². The summed E-state index contributed by atoms with van der Waals surface area (Å²) < 4.78 is 0. The summed E-state index contributed by atoms with van der Waals surface area (Å²) in [7, 11) is 0. The molecule has 0 amide bonds. The van der Waals surface area contributed by atoms with E-state index in [1.54, 1.807) is 0 Å². The standard InChI is InChI=1S/C25H54N2O3/c1-3-4-5-6-7-8-9-10-11-12-13-14-15-16-17-26(18-21-28)24-25(2)27(19-22-29)20-23-30/h25,28-30H,3-24H2,1-2H3. The predicted octanol–water partition coefficient (Wildman–Crippen LogP) is 4.44. The number of hydrogen-bond donors (Lipinski definition) is 3. The fourth-order valence-corrected chi connectivity index (χ4v) is 4.26. The Labute approximate surface area is 187 Å². The second-order valence-corrected chi connectivity index (χ2v) is 8.95. The molecule has 0 bridgehead atoms. The molecule has 5 heteroatoms. The van der Waals surface area contributed by atoms with Gasteiger partial charge in [-0.2, -0.15) is 0 Å². The highest BCUT2D eigenvalue weighted by Gasteiger charge is 2.16. The largest absolute Gasteiger partial charge is 0.395 e. The van der Waals surface area contributed by atoms with Crippen LogP contribution in [0.1, 0.15) is 104 Å². The van der Waals surface area contributed by atoms with E-state index in [2.05, 4.69) is 23.6 Å². The Morgan fingerprint density at radius 1 is 0.533 bits per heavy atom. The van der Waals surface area contributed by atoms with Crippen LogP contribution in [0.3, 0.4) is 0 Å². The molecule has 0 rings (SSSR count). The van der Waals surface area contributed by atoms with E-state index in [4.69, 9.17) is 0 Å². The van der Waals surface area contributed by atoms with Crippen molar-refractivity contribution in [2.24, 2.45) is 0 Å². The number of aliphatic hydroxyl groups is 3. The zero-order valence-electron chi connectivity index (χ0n) is 20.4. The van der Waals surface area contributed by atoms with Crippen molar-refractivity contribution in [1.82, 2.24) is 9.80 Å². The third-order valence-electron chi connectivity index (χ3n) is 6.16. The van der Waals surface area contributed by atoms with Crippen LogP contribution < -0.4 is 0 Å². The molecule has 3 N–H and O–H groups in total. The molecule has 0 fully saturated rings. The van der Waals surface area contributed by atoms with E-state index >= 15 is 0 Å². The van der Waals surface area contributed by atoms with Gasteiger partial charge in [-0.05, 0) is 19.9 Å². The molecule has 0 aliphatic heterocycles. The van der Waals surface area contributed by atoms with E-state index in [0.29, 0.717) is 19.6 Å². The molecule has 1 unspecified atom stereocenters. The summed E-state index contributed by atoms with van der Waals surface area (Å²) in [5, 5.41) is 27.8. The van der Waals surface area contributed by atoms with Crippen LogP contribution >= 0.6 is 0 Å². The summed E-state index contributed by atoms with van der Waals surface area (Å²) in [6.45, 7) is 8.61. The lowest BCUT2D eigenvalue weighted by molar-refractivity contribution is 0.0946. The molecular weight excluding hydrogens is 376 g/mol. The van der Waals surface area contributed by atoms with Gasteiger partial charge >= 0.3 is 0 Å². The maximum atomic E-state index is 9.37. The highest BCUT2D eigenvalue weighted by molar-refractivity contribution is 4.72. The molecule has 5 nitrogen and oxygen atoms in total. The number of rotatable bonds is 24. The van der Waals surface area contributed by atoms with Crippen LogP contribution in [-0.4, -0.2) is 83.7 Å². The second-order valence-electron chi connectivity index (χ2n) is 8.95. The normalized spacial score (nSPS) is 12.9. The second kappa shape index (κ2) is 23.5. The van der Waals surface area contributed by atoms with Crippen molar-refractivity contribution in [3.8, 4) is 0 Å². The Bertz CT molecular complexity index is 326. The molecular formula is C25H54N2O3. The van der Waals surface area contributed by atoms with Crippen LogP contribution in [0.15, 0.2) is 0 Å². The van der Waals surface area contributed by atoms with Crippen molar-refractivity contribution in [3.05, 3.63) is 0 Å². The molecule has 182 valence electrons. The lowest BCUT2D eigenvalue weighted by atomic mass is 10.0. The van der Waals surface area contributed by atoms with Gasteiger partial charge in [-0.25, -0.2) is 0 Å². The van der Waals surface area contributed by atoms with Gasteiger partial charge in [0.2, 0.25) is 0 Å². The summed E-state index contributed by atoms with van der Waals surface area (Å²) in [5.74, 6) is 0. The lowest BCUT2D eigenvalue weighted by Gasteiger charge is -2.32. The van der Waals surface area contributed by atoms with Gasteiger partial charge in [-0.3, -0.25) is 9.80 Å². The Kier molecular flexibility index (Phi) is 23.3. The molecule has 0 radical (unpaired) electrons. The number of nitrogens with zero attached hydrogens (tertiary/aromatic N) is 2. The fraction of sp³-hybridized carbons (Fsp3) is 1.00. The summed E-state index contributed by atoms with van der Waals surface area (Å²) >= 11 is 0. The van der Waals surface area contributed by atoms with Crippen molar-refractivity contribution < 1.29 is 15.3 Å². The zero-order chi connectivity index (χ0) is 22.3. The molecule has 0 aliphatic carbocycles. The van der Waals surface area contributed by atoms with Gasteiger partial charge in [0.05, 0.1) is 19.8 Å². The number of unbranched alkanes of at least 4 members (excludes halogenated alkanes) is 13. The van der Waals surface area contributed by atoms with Gasteiger partial charge < -0.3 is 15.3 Å². The van der Waals surface area contributed by atoms with Gasteiger partial charge in [-0.15, -0.1) is 0 Å². The average Bonchev–Trinajstić information content (AvgIpc) is 2.73. The van der Waals surface area contributed by atoms with Crippen molar-refractivity contribution in [2.45, 2.75) is 110 Å². The lowest BCUT2D eigenvalue weighted by Crippen LogP contribution is -2.45. The van der Waals surface area contributed by atoms with Crippen molar-refractivity contribution in [2.75, 3.05) is 52.5 Å². The smallest absolute Gasteiger partial charge is 0.0558 e. The first-order valence-electron chi connectivity index (χ1n) is 13.0. The first kappa shape index (κ1) is 29.8. The Hall–Kier alpha value is -0.200. The number of hydrogen-bond acceptors (Lipinski definition) is 5. The Morgan fingerprint density at radius 2 is 0.933 bits per heavy atom. The van der Waals surface area contributed by atoms with Crippen LogP contribution in [-0.2, 0) is 0 Å². The first-order valence-corrected chi connectivity index (χ1v) is 13.0. The molecule has 0 aromatic heterocycles. The monoisotopic (exact) mass is 430 g/mol. The zero-order valence-corrected chi connectivity index (χ0v) is 20.4. The van der Waals surface area contributed by atoms with Crippen molar-refractivity contribution in [3.63, 3.8) is 0 Å². The van der Waals surface area contributed by atoms with Crippen molar-refractivity contribution in [1.29, 1.82) is 0 Å². The van der Waals surface area contributed by atoms with E-state index in [-0.39, 0.29) is 25.9 Å². The molecule has 30 heavy (non-hydrogen) atoms. The highest BCUT2D eigenvalue weighted by atomic mass is 16.3. The average molecular weight is 431 g/mol. The van der Waals surface area contributed by atoms with Crippen LogP contribution in [0, 0.1) is 0 Å². The molecule has 0 saturated carbocycles. The summed E-state index contributed by atoms with van der Waals surface area (Å²) in [4.78, 5) is 4.45. The van der Waals surface area contributed by atoms with E-state index < -0.39 is 0 Å². The SMILES string of the molecule is CCCCCCCCCCCCCCCCN(CCO)CC(C)N(CCO)CCO. The van der Waals surface area contributed by atoms with E-state index in [1.165, 1.54) is 89.9 Å². The van der Waals surface area contributed by atoms with E-state index in [0.717, 1.165) is 13.1 Å². The predicted molar refractivity (Wildman–Crippen MR) is 129 cm³/mol. The maximum Gasteiger partial charge on any atom is 0.0558 e. The molecule has 1 atom stereocenters. The summed E-state index contributed by atoms with van der Waals surface area (Å²) in [5.41, 5.74) is 0. The molecule has 0 aromatic carbocycles. The van der Waals surface area contributed by atoms with Crippen molar-refractivity contribution >= 4 is 0 Å². The summed E-state index contributed by atoms with van der Waals surface area (Å²) in [6.07, 6.45) is 19.2. The molecule has 0 heterocycles. The quantitative estimate of drug-likeness (QED) is 0.198. The Balaban J connectivity index is 3.69. The van der Waals surface area contributed by atoms with Crippen LogP contribution in [0.5, 0.6) is 0 Å². The molecule has 0 saturated heterocycles. The Morgan fingerprint density at radius 3 is 1.33 bits per heavy atom. The molecule has 0 aliphatic rings. The van der Waals surface area contributed by atoms with E-state index in [1.807, 2.05) is 0 Å². The highest BCUT2D eigenvalue weighted by Crippen LogP contribution is 2.13.